The molecule has 0 aliphatic carbocycles. The van der Waals surface area contributed by atoms with Crippen molar-refractivity contribution >= 4 is 11.8 Å². The maximum absolute atomic E-state index is 11.3. The summed E-state index contributed by atoms with van der Waals surface area (Å²) >= 11 is 0. The number of carbonyl (C=O) groups is 1. The van der Waals surface area contributed by atoms with Gasteiger partial charge in [-0.25, -0.2) is 14.8 Å². The average Bonchev–Trinajstić information content (AvgIpc) is 2.37. The van der Waals surface area contributed by atoms with Crippen LogP contribution in [0.5, 0.6) is 0 Å². The third kappa shape index (κ3) is 3.53. The number of hydrogen-bond acceptors (Lipinski definition) is 6. The zero-order valence-corrected chi connectivity index (χ0v) is 9.67. The molecule has 1 N–H and O–H groups in total. The van der Waals surface area contributed by atoms with E-state index in [0.29, 0.717) is 18.9 Å². The molecule has 1 aromatic rings. The Balaban J connectivity index is 2.94. The second kappa shape index (κ2) is 6.59. The Bertz CT molecular complexity index is 395. The van der Waals surface area contributed by atoms with Crippen molar-refractivity contribution in [1.29, 1.82) is 0 Å². The number of hydrogen-bond donors (Lipinski definition) is 1. The van der Waals surface area contributed by atoms with E-state index in [9.17, 15) is 4.79 Å². The number of anilines is 1. The largest absolute Gasteiger partial charge is 0.463 e. The highest BCUT2D eigenvalue weighted by Gasteiger charge is 2.12. The molecule has 1 rings (SSSR count). The molecule has 6 nitrogen and oxygen atoms in total. The lowest BCUT2D eigenvalue weighted by Gasteiger charge is -2.20. The maximum atomic E-state index is 11.3. The van der Waals surface area contributed by atoms with Crippen LogP contribution >= 0.6 is 0 Å². The second-order valence-electron chi connectivity index (χ2n) is 3.19. The number of ether oxygens (including phenoxy) is 1. The molecule has 0 aliphatic heterocycles. The van der Waals surface area contributed by atoms with Gasteiger partial charge in [-0.3, -0.25) is 0 Å². The Morgan fingerprint density at radius 1 is 1.71 bits per heavy atom. The van der Waals surface area contributed by atoms with E-state index in [4.69, 9.17) is 5.11 Å². The summed E-state index contributed by atoms with van der Waals surface area (Å²) < 4.78 is 4.54. The molecule has 0 saturated heterocycles. The van der Waals surface area contributed by atoms with Gasteiger partial charge in [0.1, 0.15) is 5.82 Å². The molecular weight excluding hydrogens is 222 g/mol. The molecule has 0 fully saturated rings. The van der Waals surface area contributed by atoms with Gasteiger partial charge in [-0.2, -0.15) is 0 Å². The Hall–Kier alpha value is -1.95. The zero-order chi connectivity index (χ0) is 12.7. The molecule has 17 heavy (non-hydrogen) atoms. The number of rotatable bonds is 6. The maximum Gasteiger partial charge on any atom is 0.376 e. The first-order chi connectivity index (χ1) is 8.22. The third-order valence-electron chi connectivity index (χ3n) is 2.05. The Morgan fingerprint density at radius 3 is 3.06 bits per heavy atom. The zero-order valence-electron chi connectivity index (χ0n) is 9.67. The van der Waals surface area contributed by atoms with Crippen molar-refractivity contribution in [2.24, 2.45) is 0 Å². The van der Waals surface area contributed by atoms with Crippen molar-refractivity contribution in [2.45, 2.75) is 0 Å². The summed E-state index contributed by atoms with van der Waals surface area (Å²) in [6.45, 7) is 4.55. The molecule has 0 spiro atoms. The average molecular weight is 237 g/mol. The number of carbonyl (C=O) groups excluding carboxylic acids is 1. The SMILES string of the molecule is C=CCN(CCO)c1ccnc(C(=O)OC)n1. The lowest BCUT2D eigenvalue weighted by Crippen LogP contribution is -2.28. The molecule has 0 amide bonds. The van der Waals surface area contributed by atoms with Crippen LogP contribution in [0.15, 0.2) is 24.9 Å². The summed E-state index contributed by atoms with van der Waals surface area (Å²) in [6.07, 6.45) is 3.16. The van der Waals surface area contributed by atoms with Gasteiger partial charge in [-0.1, -0.05) is 6.08 Å². The summed E-state index contributed by atoms with van der Waals surface area (Å²) in [4.78, 5) is 20.9. The third-order valence-corrected chi connectivity index (χ3v) is 2.05. The van der Waals surface area contributed by atoms with Gasteiger partial charge < -0.3 is 14.7 Å². The van der Waals surface area contributed by atoms with Crippen molar-refractivity contribution in [3.63, 3.8) is 0 Å². The predicted molar refractivity (Wildman–Crippen MR) is 62.9 cm³/mol. The van der Waals surface area contributed by atoms with Crippen molar-refractivity contribution in [3.05, 3.63) is 30.7 Å². The van der Waals surface area contributed by atoms with Gasteiger partial charge in [0.2, 0.25) is 5.82 Å². The summed E-state index contributed by atoms with van der Waals surface area (Å²) in [5.74, 6) is -0.0410. The van der Waals surface area contributed by atoms with Gasteiger partial charge >= 0.3 is 5.97 Å². The van der Waals surface area contributed by atoms with Crippen LogP contribution in [-0.4, -0.2) is 47.8 Å². The first-order valence-electron chi connectivity index (χ1n) is 5.11. The van der Waals surface area contributed by atoms with Gasteiger partial charge in [0, 0.05) is 19.3 Å². The number of esters is 1. The van der Waals surface area contributed by atoms with Crippen LogP contribution in [0.25, 0.3) is 0 Å². The van der Waals surface area contributed by atoms with E-state index in [1.807, 2.05) is 0 Å². The number of nitrogens with zero attached hydrogens (tertiary/aromatic N) is 3. The lowest BCUT2D eigenvalue weighted by molar-refractivity contribution is 0.0587. The standard InChI is InChI=1S/C11H15N3O3/c1-3-6-14(7-8-15)9-4-5-12-10(13-9)11(16)17-2/h3-5,15H,1,6-8H2,2H3. The molecule has 0 aromatic carbocycles. The quantitative estimate of drug-likeness (QED) is 0.564. The van der Waals surface area contributed by atoms with Crippen LogP contribution in [0.1, 0.15) is 10.6 Å². The van der Waals surface area contributed by atoms with E-state index in [-0.39, 0.29) is 12.4 Å². The molecule has 6 heteroatoms. The molecule has 92 valence electrons. The molecule has 0 aliphatic rings. The molecule has 0 radical (unpaired) electrons. The first-order valence-corrected chi connectivity index (χ1v) is 5.11. The summed E-state index contributed by atoms with van der Waals surface area (Å²) in [5, 5.41) is 8.94. The van der Waals surface area contributed by atoms with Crippen molar-refractivity contribution in [3.8, 4) is 0 Å². The van der Waals surface area contributed by atoms with Crippen molar-refractivity contribution in [2.75, 3.05) is 31.7 Å². The van der Waals surface area contributed by atoms with Gasteiger partial charge in [0.15, 0.2) is 0 Å². The highest BCUT2D eigenvalue weighted by Crippen LogP contribution is 2.09. The number of aliphatic hydroxyl groups is 1. The van der Waals surface area contributed by atoms with Gasteiger partial charge in [-0.15, -0.1) is 6.58 Å². The van der Waals surface area contributed by atoms with E-state index in [2.05, 4.69) is 21.3 Å². The fourth-order valence-corrected chi connectivity index (χ4v) is 1.29. The lowest BCUT2D eigenvalue weighted by atomic mass is 10.4. The van der Waals surface area contributed by atoms with E-state index in [1.165, 1.54) is 13.3 Å². The monoisotopic (exact) mass is 237 g/mol. The summed E-state index contributed by atoms with van der Waals surface area (Å²) in [5.41, 5.74) is 0. The van der Waals surface area contributed by atoms with E-state index in [1.54, 1.807) is 17.0 Å². The van der Waals surface area contributed by atoms with Crippen LogP contribution in [0.4, 0.5) is 5.82 Å². The fourth-order valence-electron chi connectivity index (χ4n) is 1.29. The Kier molecular flexibility index (Phi) is 5.09. The minimum Gasteiger partial charge on any atom is -0.463 e. The molecule has 0 unspecified atom stereocenters. The normalized spacial score (nSPS) is 9.76. The smallest absolute Gasteiger partial charge is 0.376 e. The fraction of sp³-hybridized carbons (Fsp3) is 0.364. The van der Waals surface area contributed by atoms with Crippen LogP contribution in [0, 0.1) is 0 Å². The number of methoxy groups -OCH3 is 1. The summed E-state index contributed by atoms with van der Waals surface area (Å²) in [6, 6.07) is 1.66. The van der Waals surface area contributed by atoms with Gasteiger partial charge in [0.05, 0.1) is 13.7 Å². The molecule has 0 atom stereocenters. The molecule has 0 bridgehead atoms. The van der Waals surface area contributed by atoms with Crippen LogP contribution in [0.2, 0.25) is 0 Å². The highest BCUT2D eigenvalue weighted by atomic mass is 16.5. The second-order valence-corrected chi connectivity index (χ2v) is 3.19. The van der Waals surface area contributed by atoms with Crippen molar-refractivity contribution < 1.29 is 14.6 Å². The van der Waals surface area contributed by atoms with Crippen LogP contribution < -0.4 is 4.90 Å². The van der Waals surface area contributed by atoms with E-state index in [0.717, 1.165) is 0 Å². The Labute approximate surface area is 99.6 Å². The molecule has 1 aromatic heterocycles. The Morgan fingerprint density at radius 2 is 2.47 bits per heavy atom. The van der Waals surface area contributed by atoms with Crippen LogP contribution in [-0.2, 0) is 4.74 Å². The molecule has 1 heterocycles. The highest BCUT2D eigenvalue weighted by molar-refractivity contribution is 5.85. The first kappa shape index (κ1) is 13.1. The summed E-state index contributed by atoms with van der Waals surface area (Å²) in [7, 11) is 1.27. The molecule has 0 saturated carbocycles. The van der Waals surface area contributed by atoms with E-state index < -0.39 is 5.97 Å². The van der Waals surface area contributed by atoms with Crippen LogP contribution in [0.3, 0.4) is 0 Å². The van der Waals surface area contributed by atoms with E-state index >= 15 is 0 Å². The number of aliphatic hydroxyl groups excluding tert-OH is 1. The molecular formula is C11H15N3O3. The minimum absolute atomic E-state index is 0.00278. The predicted octanol–water partition coefficient (Wildman–Crippen LogP) is 0.248. The van der Waals surface area contributed by atoms with Gasteiger partial charge in [0.25, 0.3) is 0 Å². The minimum atomic E-state index is -0.589. The van der Waals surface area contributed by atoms with Crippen molar-refractivity contribution in [1.82, 2.24) is 9.97 Å². The van der Waals surface area contributed by atoms with Gasteiger partial charge in [-0.05, 0) is 6.07 Å². The number of aromatic nitrogens is 2. The topological polar surface area (TPSA) is 75.5 Å².